The van der Waals surface area contributed by atoms with E-state index >= 15 is 0 Å². The van der Waals surface area contributed by atoms with E-state index in [9.17, 15) is 9.59 Å². The van der Waals surface area contributed by atoms with Crippen LogP contribution in [-0.2, 0) is 24.4 Å². The standard InChI is InChI=1S/C29H27Cl2N5O3/c30-21-12-13-25(23(16-21)28(37)22-10-4-5-11-24(22)31)36-26(33-34-27(36)18-35-14-6-7-15-35)17-32-29(38)39-19-20-8-2-1-3-9-20/h1-5,8-13,16H,6-7,14-15,17-19H2,(H,32,38). The SMILES string of the molecule is O=C(NCc1nnc(CN2CCCC2)n1-c1ccc(Cl)cc1C(=O)c1ccccc1Cl)OCc1ccccc1. The number of carbonyl (C=O) groups is 2. The van der Waals surface area contributed by atoms with E-state index in [4.69, 9.17) is 27.9 Å². The van der Waals surface area contributed by atoms with Crippen molar-refractivity contribution in [3.05, 3.63) is 111 Å². The van der Waals surface area contributed by atoms with Gasteiger partial charge < -0.3 is 10.1 Å². The van der Waals surface area contributed by atoms with E-state index in [2.05, 4.69) is 20.4 Å². The summed E-state index contributed by atoms with van der Waals surface area (Å²) in [5.41, 5.74) is 2.15. The Balaban J connectivity index is 1.46. The molecule has 0 radical (unpaired) electrons. The van der Waals surface area contributed by atoms with Crippen molar-refractivity contribution < 1.29 is 14.3 Å². The van der Waals surface area contributed by atoms with E-state index in [0.717, 1.165) is 31.5 Å². The Kier molecular flexibility index (Phi) is 8.56. The summed E-state index contributed by atoms with van der Waals surface area (Å²) in [6.07, 6.45) is 1.65. The van der Waals surface area contributed by atoms with Crippen molar-refractivity contribution in [2.24, 2.45) is 0 Å². The summed E-state index contributed by atoms with van der Waals surface area (Å²) in [5.74, 6) is 0.832. The molecule has 0 bridgehead atoms. The van der Waals surface area contributed by atoms with Gasteiger partial charge in [0.05, 0.1) is 23.8 Å². The monoisotopic (exact) mass is 563 g/mol. The van der Waals surface area contributed by atoms with Gasteiger partial charge in [0.1, 0.15) is 6.61 Å². The Hall–Kier alpha value is -3.72. The highest BCUT2D eigenvalue weighted by Crippen LogP contribution is 2.28. The maximum absolute atomic E-state index is 13.7. The lowest BCUT2D eigenvalue weighted by molar-refractivity contribution is 0.103. The molecular weight excluding hydrogens is 537 g/mol. The Bertz CT molecular complexity index is 1470. The maximum atomic E-state index is 13.7. The van der Waals surface area contributed by atoms with Crippen LogP contribution < -0.4 is 5.32 Å². The third kappa shape index (κ3) is 6.47. The summed E-state index contributed by atoms with van der Waals surface area (Å²) in [4.78, 5) is 28.5. The van der Waals surface area contributed by atoms with Gasteiger partial charge in [0, 0.05) is 16.1 Å². The van der Waals surface area contributed by atoms with Gasteiger partial charge in [-0.2, -0.15) is 0 Å². The number of hydrogen-bond acceptors (Lipinski definition) is 6. The van der Waals surface area contributed by atoms with Crippen LogP contribution in [0.2, 0.25) is 10.0 Å². The molecule has 1 saturated heterocycles. The number of halogens is 2. The molecule has 5 rings (SSSR count). The molecule has 200 valence electrons. The summed E-state index contributed by atoms with van der Waals surface area (Å²) < 4.78 is 7.17. The number of ketones is 1. The molecule has 0 aliphatic carbocycles. The minimum Gasteiger partial charge on any atom is -0.445 e. The van der Waals surface area contributed by atoms with Crippen LogP contribution >= 0.6 is 23.2 Å². The summed E-state index contributed by atoms with van der Waals surface area (Å²) >= 11 is 12.7. The van der Waals surface area contributed by atoms with Crippen LogP contribution in [0.5, 0.6) is 0 Å². The molecule has 1 aliphatic heterocycles. The van der Waals surface area contributed by atoms with Gasteiger partial charge >= 0.3 is 6.09 Å². The molecule has 8 nitrogen and oxygen atoms in total. The fourth-order valence-electron chi connectivity index (χ4n) is 4.59. The van der Waals surface area contributed by atoms with Crippen LogP contribution in [0.4, 0.5) is 4.79 Å². The number of nitrogens with one attached hydrogen (secondary N) is 1. The molecule has 1 aromatic heterocycles. The summed E-state index contributed by atoms with van der Waals surface area (Å²) in [6.45, 7) is 2.65. The Labute approximate surface area is 236 Å². The Morgan fingerprint density at radius 2 is 1.59 bits per heavy atom. The number of ether oxygens (including phenoxy) is 1. The lowest BCUT2D eigenvalue weighted by Gasteiger charge is -2.18. The van der Waals surface area contributed by atoms with Crippen LogP contribution in [0, 0.1) is 0 Å². The fourth-order valence-corrected chi connectivity index (χ4v) is 4.98. The molecule has 2 heterocycles. The van der Waals surface area contributed by atoms with Gasteiger partial charge in [0.2, 0.25) is 0 Å². The van der Waals surface area contributed by atoms with Gasteiger partial charge in [-0.05, 0) is 61.8 Å². The molecule has 1 aliphatic rings. The molecule has 4 aromatic rings. The minimum absolute atomic E-state index is 0.0446. The minimum atomic E-state index is -0.585. The van der Waals surface area contributed by atoms with Crippen molar-refractivity contribution in [1.29, 1.82) is 0 Å². The Morgan fingerprint density at radius 3 is 2.36 bits per heavy atom. The smallest absolute Gasteiger partial charge is 0.407 e. The zero-order valence-electron chi connectivity index (χ0n) is 21.1. The van der Waals surface area contributed by atoms with Crippen LogP contribution in [0.15, 0.2) is 72.8 Å². The van der Waals surface area contributed by atoms with Crippen molar-refractivity contribution in [1.82, 2.24) is 25.0 Å². The van der Waals surface area contributed by atoms with Gasteiger partial charge in [-0.15, -0.1) is 10.2 Å². The lowest BCUT2D eigenvalue weighted by atomic mass is 10.0. The highest BCUT2D eigenvalue weighted by molar-refractivity contribution is 6.35. The number of benzene rings is 3. The van der Waals surface area contributed by atoms with E-state index in [1.807, 2.05) is 34.9 Å². The molecule has 0 spiro atoms. The van der Waals surface area contributed by atoms with E-state index in [1.54, 1.807) is 42.5 Å². The largest absolute Gasteiger partial charge is 0.445 e. The number of hydrogen-bond donors (Lipinski definition) is 1. The first kappa shape index (κ1) is 26.9. The predicted octanol–water partition coefficient (Wildman–Crippen LogP) is 5.83. The van der Waals surface area contributed by atoms with E-state index < -0.39 is 6.09 Å². The normalized spacial score (nSPS) is 13.4. The highest BCUT2D eigenvalue weighted by Gasteiger charge is 2.24. The average molecular weight is 564 g/mol. The van der Waals surface area contributed by atoms with Gasteiger partial charge in [-0.3, -0.25) is 14.3 Å². The molecule has 0 atom stereocenters. The molecule has 3 aromatic carbocycles. The molecule has 1 N–H and O–H groups in total. The number of amides is 1. The Morgan fingerprint density at radius 1 is 0.872 bits per heavy atom. The van der Waals surface area contributed by atoms with Crippen molar-refractivity contribution in [3.63, 3.8) is 0 Å². The third-order valence-electron chi connectivity index (χ3n) is 6.53. The van der Waals surface area contributed by atoms with Gasteiger partial charge in [-0.1, -0.05) is 65.7 Å². The number of likely N-dealkylation sites (tertiary alicyclic amines) is 1. The average Bonchev–Trinajstić information content (AvgIpc) is 3.61. The number of aromatic nitrogens is 3. The molecule has 1 fully saturated rings. The van der Waals surface area contributed by atoms with Crippen molar-refractivity contribution in [2.45, 2.75) is 32.5 Å². The van der Waals surface area contributed by atoms with E-state index in [1.165, 1.54) is 0 Å². The second-order valence-corrected chi connectivity index (χ2v) is 10.1. The van der Waals surface area contributed by atoms with Crippen LogP contribution in [-0.4, -0.2) is 44.6 Å². The lowest BCUT2D eigenvalue weighted by Crippen LogP contribution is -2.26. The second-order valence-electron chi connectivity index (χ2n) is 9.24. The number of carbonyl (C=O) groups excluding carboxylic acids is 2. The first-order chi connectivity index (χ1) is 19.0. The number of alkyl carbamates (subject to hydrolysis) is 1. The summed E-state index contributed by atoms with van der Waals surface area (Å²) in [7, 11) is 0. The first-order valence-corrected chi connectivity index (χ1v) is 13.4. The zero-order valence-corrected chi connectivity index (χ0v) is 22.7. The number of rotatable bonds is 9. The van der Waals surface area contributed by atoms with Crippen molar-refractivity contribution >= 4 is 35.1 Å². The number of nitrogens with zero attached hydrogens (tertiary/aromatic N) is 4. The van der Waals surface area contributed by atoms with Crippen LogP contribution in [0.1, 0.15) is 46.0 Å². The van der Waals surface area contributed by atoms with Crippen molar-refractivity contribution in [3.8, 4) is 5.69 Å². The fraction of sp³-hybridized carbons (Fsp3) is 0.241. The van der Waals surface area contributed by atoms with E-state index in [-0.39, 0.29) is 18.9 Å². The third-order valence-corrected chi connectivity index (χ3v) is 7.09. The van der Waals surface area contributed by atoms with Gasteiger partial charge in [-0.25, -0.2) is 4.79 Å². The first-order valence-electron chi connectivity index (χ1n) is 12.7. The molecule has 39 heavy (non-hydrogen) atoms. The molecule has 0 saturated carbocycles. The molecular formula is C29H27Cl2N5O3. The van der Waals surface area contributed by atoms with Gasteiger partial charge in [0.25, 0.3) is 0 Å². The highest BCUT2D eigenvalue weighted by atomic mass is 35.5. The topological polar surface area (TPSA) is 89.4 Å². The van der Waals surface area contributed by atoms with E-state index in [0.29, 0.717) is 45.1 Å². The maximum Gasteiger partial charge on any atom is 0.407 e. The van der Waals surface area contributed by atoms with Gasteiger partial charge in [0.15, 0.2) is 17.4 Å². The van der Waals surface area contributed by atoms with Crippen LogP contribution in [0.25, 0.3) is 5.69 Å². The predicted molar refractivity (Wildman–Crippen MR) is 149 cm³/mol. The van der Waals surface area contributed by atoms with Crippen LogP contribution in [0.3, 0.4) is 0 Å². The molecule has 10 heteroatoms. The summed E-state index contributed by atoms with van der Waals surface area (Å²) in [6, 6.07) is 21.4. The molecule has 0 unspecified atom stereocenters. The zero-order chi connectivity index (χ0) is 27.2. The van der Waals surface area contributed by atoms with Crippen molar-refractivity contribution in [2.75, 3.05) is 13.1 Å². The quantitative estimate of drug-likeness (QED) is 0.258. The summed E-state index contributed by atoms with van der Waals surface area (Å²) in [5, 5.41) is 12.3. The second kappa shape index (κ2) is 12.4. The molecule has 1 amide bonds.